The maximum atomic E-state index is 13.0. The lowest BCUT2D eigenvalue weighted by Gasteiger charge is -2.18. The van der Waals surface area contributed by atoms with Gasteiger partial charge in [-0.15, -0.1) is 0 Å². The quantitative estimate of drug-likeness (QED) is 0.0414. The van der Waals surface area contributed by atoms with E-state index in [-0.39, 0.29) is 11.5 Å². The SMILES string of the molecule is CC(C)(O)CCc1cc(Br)ccc1N.CC(C)(O)CCc1cc(Br)ccc1[N+](=O)[O-].CC(C)(O)Cn1cnc2ccc(-c3ccc(F)cc3)cc21.CC(C)(O)Cn1cnc2ccc(Br)cc21.O=[N+]([O-])c1ccc(Br)cc1F. The van der Waals surface area contributed by atoms with Crippen molar-refractivity contribution in [1.82, 2.24) is 19.1 Å². The molecule has 0 aliphatic carbocycles. The molecule has 0 bridgehead atoms. The van der Waals surface area contributed by atoms with E-state index in [0.717, 1.165) is 76.4 Å². The zero-order valence-corrected chi connectivity index (χ0v) is 50.2. The van der Waals surface area contributed by atoms with Crippen molar-refractivity contribution in [2.75, 3.05) is 5.73 Å². The van der Waals surface area contributed by atoms with E-state index in [2.05, 4.69) is 73.7 Å². The molecule has 2 heterocycles. The second-order valence-electron chi connectivity index (χ2n) is 20.6. The first kappa shape index (κ1) is 64.0. The van der Waals surface area contributed by atoms with E-state index in [1.54, 1.807) is 92.3 Å². The summed E-state index contributed by atoms with van der Waals surface area (Å²) in [6, 6.07) is 32.5. The van der Waals surface area contributed by atoms with Crippen LogP contribution in [0.25, 0.3) is 33.2 Å². The number of nitro groups is 2. The van der Waals surface area contributed by atoms with Crippen LogP contribution < -0.4 is 5.73 Å². The molecular formula is C56H63Br4F2N7O8. The largest absolute Gasteiger partial charge is 0.399 e. The summed E-state index contributed by atoms with van der Waals surface area (Å²) >= 11 is 13.1. The first-order valence-electron chi connectivity index (χ1n) is 23.9. The zero-order chi connectivity index (χ0) is 57.6. The molecule has 2 aromatic heterocycles. The monoisotopic (exact) mass is 1320 g/mol. The Morgan fingerprint density at radius 2 is 0.922 bits per heavy atom. The van der Waals surface area contributed by atoms with Crippen LogP contribution in [0.1, 0.15) is 79.4 Å². The van der Waals surface area contributed by atoms with Crippen molar-refractivity contribution in [3.63, 3.8) is 0 Å². The third-order valence-electron chi connectivity index (χ3n) is 11.0. The lowest BCUT2D eigenvalue weighted by molar-refractivity contribution is -0.387. The predicted molar refractivity (Wildman–Crippen MR) is 314 cm³/mol. The molecule has 412 valence electrons. The van der Waals surface area contributed by atoms with Gasteiger partial charge in [0.05, 0.1) is 80.1 Å². The third kappa shape index (κ3) is 22.4. The molecule has 0 spiro atoms. The molecule has 21 heteroatoms. The predicted octanol–water partition coefficient (Wildman–Crippen LogP) is 14.5. The Balaban J connectivity index is 0.000000211. The smallest absolute Gasteiger partial charge is 0.304 e. The highest BCUT2D eigenvalue weighted by Crippen LogP contribution is 2.28. The number of nitrogens with zero attached hydrogens (tertiary/aromatic N) is 6. The Kier molecular flexibility index (Phi) is 23.2. The molecule has 0 saturated carbocycles. The fourth-order valence-electron chi connectivity index (χ4n) is 7.23. The molecule has 0 aliphatic rings. The number of rotatable bonds is 13. The minimum absolute atomic E-state index is 0.104. The molecule has 77 heavy (non-hydrogen) atoms. The van der Waals surface area contributed by atoms with Crippen molar-refractivity contribution in [3.8, 4) is 11.1 Å². The van der Waals surface area contributed by atoms with Crippen LogP contribution in [0.5, 0.6) is 0 Å². The number of imidazole rings is 2. The molecule has 0 aliphatic heterocycles. The van der Waals surface area contributed by atoms with Crippen LogP contribution in [-0.2, 0) is 25.9 Å². The van der Waals surface area contributed by atoms with Gasteiger partial charge in [-0.05, 0) is 183 Å². The highest BCUT2D eigenvalue weighted by atomic mass is 79.9. The first-order chi connectivity index (χ1) is 35.7. The fourth-order valence-corrected chi connectivity index (χ4v) is 8.73. The molecule has 8 rings (SSSR count). The van der Waals surface area contributed by atoms with Gasteiger partial charge in [-0.25, -0.2) is 14.4 Å². The topological polar surface area (TPSA) is 229 Å². The highest BCUT2D eigenvalue weighted by molar-refractivity contribution is 9.11. The van der Waals surface area contributed by atoms with Crippen LogP contribution in [0.3, 0.4) is 0 Å². The van der Waals surface area contributed by atoms with E-state index in [0.29, 0.717) is 42.4 Å². The van der Waals surface area contributed by atoms with E-state index >= 15 is 0 Å². The van der Waals surface area contributed by atoms with E-state index in [4.69, 9.17) is 5.73 Å². The highest BCUT2D eigenvalue weighted by Gasteiger charge is 2.20. The van der Waals surface area contributed by atoms with Crippen LogP contribution in [-0.4, -0.2) is 71.8 Å². The number of halogens is 6. The van der Waals surface area contributed by atoms with Crippen LogP contribution in [0.15, 0.2) is 146 Å². The number of aromatic nitrogens is 4. The molecule has 0 amide bonds. The second kappa shape index (κ2) is 27.9. The number of aryl methyl sites for hydroxylation is 2. The lowest BCUT2D eigenvalue weighted by Crippen LogP contribution is -2.25. The van der Waals surface area contributed by atoms with Crippen molar-refractivity contribution in [2.24, 2.45) is 0 Å². The van der Waals surface area contributed by atoms with Gasteiger partial charge in [0.25, 0.3) is 5.69 Å². The molecule has 0 fully saturated rings. The molecule has 0 radical (unpaired) electrons. The fraction of sp³-hybridized carbons (Fsp3) is 0.321. The summed E-state index contributed by atoms with van der Waals surface area (Å²) in [5, 5.41) is 59.8. The molecule has 6 N–H and O–H groups in total. The van der Waals surface area contributed by atoms with Gasteiger partial charge >= 0.3 is 5.69 Å². The Bertz CT molecular complexity index is 3260. The van der Waals surface area contributed by atoms with Crippen LogP contribution in [0, 0.1) is 31.9 Å². The van der Waals surface area contributed by atoms with Gasteiger partial charge in [0, 0.05) is 41.3 Å². The standard InChI is InChI=1S/C17H17FN2O.C11H13BrN2O.C11H14BrNO3.C11H16BrNO.C6H3BrFNO2/c1-17(2,21)10-20-11-19-15-8-5-13(9-16(15)20)12-3-6-14(18)7-4-12;1-11(2,15)6-14-7-13-9-4-3-8(12)5-10(9)14;1-11(2,14)6-5-8-7-9(12)3-4-10(8)13(15)16;1-11(2,14)6-5-8-7-9(12)3-4-10(8)13;7-4-1-2-6(9(10)11)5(8)3-4/h3-9,11,21H,10H2,1-2H3;3-5,7,15H,6H2,1-2H3;3-4,7,14H,5-6H2,1-2H3;3-4,7,14H,5-6,13H2,1-2H3;1-3H. The van der Waals surface area contributed by atoms with E-state index in [9.17, 15) is 49.4 Å². The van der Waals surface area contributed by atoms with Gasteiger partial charge < -0.3 is 35.3 Å². The number of fused-ring (bicyclic) bond motifs is 2. The minimum Gasteiger partial charge on any atom is -0.399 e. The second-order valence-corrected chi connectivity index (χ2v) is 24.2. The molecule has 0 saturated heterocycles. The average Bonchev–Trinajstić information content (AvgIpc) is 3.89. The Hall–Kier alpha value is -5.52. The van der Waals surface area contributed by atoms with E-state index in [1.807, 2.05) is 63.7 Å². The van der Waals surface area contributed by atoms with Crippen molar-refractivity contribution in [2.45, 2.75) is 117 Å². The summed E-state index contributed by atoms with van der Waals surface area (Å²) in [7, 11) is 0. The molecule has 0 atom stereocenters. The summed E-state index contributed by atoms with van der Waals surface area (Å²) in [5.41, 5.74) is 10.7. The first-order valence-corrected chi connectivity index (χ1v) is 27.1. The van der Waals surface area contributed by atoms with Crippen molar-refractivity contribution < 1.29 is 39.1 Å². The van der Waals surface area contributed by atoms with Gasteiger partial charge in [0.2, 0.25) is 5.82 Å². The summed E-state index contributed by atoms with van der Waals surface area (Å²) in [5.74, 6) is -1.07. The van der Waals surface area contributed by atoms with E-state index in [1.165, 1.54) is 24.3 Å². The number of aliphatic hydroxyl groups is 4. The number of hydrogen-bond donors (Lipinski definition) is 5. The van der Waals surface area contributed by atoms with Gasteiger partial charge in [0.15, 0.2) is 0 Å². The van der Waals surface area contributed by atoms with Gasteiger partial charge in [-0.2, -0.15) is 4.39 Å². The maximum absolute atomic E-state index is 13.0. The van der Waals surface area contributed by atoms with E-state index < -0.39 is 43.8 Å². The summed E-state index contributed by atoms with van der Waals surface area (Å²) < 4.78 is 32.9. The number of anilines is 1. The van der Waals surface area contributed by atoms with Crippen molar-refractivity contribution >= 4 is 103 Å². The molecule has 6 aromatic carbocycles. The van der Waals surface area contributed by atoms with Gasteiger partial charge in [0.1, 0.15) is 5.82 Å². The number of hydrogen-bond acceptors (Lipinski definition) is 11. The summed E-state index contributed by atoms with van der Waals surface area (Å²) in [6.07, 6.45) is 5.98. The lowest BCUT2D eigenvalue weighted by atomic mass is 9.98. The van der Waals surface area contributed by atoms with Crippen LogP contribution >= 0.6 is 63.7 Å². The van der Waals surface area contributed by atoms with Crippen molar-refractivity contribution in [3.05, 3.63) is 189 Å². The Morgan fingerprint density at radius 3 is 1.40 bits per heavy atom. The molecular weight excluding hydrogens is 1260 g/mol. The minimum atomic E-state index is -0.829. The van der Waals surface area contributed by atoms with Gasteiger partial charge in [-0.1, -0.05) is 81.9 Å². The number of benzene rings is 6. The number of nitro benzene ring substituents is 2. The Morgan fingerprint density at radius 1 is 0.519 bits per heavy atom. The summed E-state index contributed by atoms with van der Waals surface area (Å²) in [4.78, 5) is 28.3. The van der Waals surface area contributed by atoms with Crippen LogP contribution in [0.4, 0.5) is 25.8 Å². The normalized spacial score (nSPS) is 11.6. The summed E-state index contributed by atoms with van der Waals surface area (Å²) in [6.45, 7) is 15.1. The molecule has 8 aromatic rings. The van der Waals surface area contributed by atoms with Crippen molar-refractivity contribution in [1.29, 1.82) is 0 Å². The van der Waals surface area contributed by atoms with Gasteiger partial charge in [-0.3, -0.25) is 20.2 Å². The number of nitrogens with two attached hydrogens (primary N) is 1. The Labute approximate surface area is 480 Å². The zero-order valence-electron chi connectivity index (χ0n) is 43.8. The third-order valence-corrected chi connectivity index (χ3v) is 12.9. The number of nitrogen functional groups attached to an aromatic ring is 1. The maximum Gasteiger partial charge on any atom is 0.304 e. The average molecular weight is 1320 g/mol. The molecule has 0 unspecified atom stereocenters. The molecule has 15 nitrogen and oxygen atoms in total. The van der Waals surface area contributed by atoms with Crippen LogP contribution in [0.2, 0.25) is 0 Å².